The SMILES string of the molecule is CC(C)(C#N)C(N)c1cccs1. The fraction of sp³-hybridized carbons (Fsp3) is 0.444. The van der Waals surface area contributed by atoms with Gasteiger partial charge in [-0.05, 0) is 25.3 Å². The minimum Gasteiger partial charge on any atom is -0.322 e. The molecule has 0 radical (unpaired) electrons. The lowest BCUT2D eigenvalue weighted by molar-refractivity contribution is 0.398. The molecule has 1 unspecified atom stereocenters. The molecule has 0 saturated carbocycles. The third kappa shape index (κ3) is 1.66. The van der Waals surface area contributed by atoms with Crippen LogP contribution >= 0.6 is 11.3 Å². The maximum absolute atomic E-state index is 8.84. The second kappa shape index (κ2) is 3.26. The Morgan fingerprint density at radius 1 is 1.67 bits per heavy atom. The number of hydrogen-bond donors (Lipinski definition) is 1. The predicted octanol–water partition coefficient (Wildman–Crippen LogP) is 2.30. The maximum atomic E-state index is 8.84. The average molecular weight is 180 g/mol. The Bertz CT molecular complexity index is 282. The summed E-state index contributed by atoms with van der Waals surface area (Å²) in [7, 11) is 0. The van der Waals surface area contributed by atoms with E-state index in [0.29, 0.717) is 0 Å². The van der Waals surface area contributed by atoms with Crippen molar-refractivity contribution in [1.29, 1.82) is 5.26 Å². The Kier molecular flexibility index (Phi) is 2.51. The van der Waals surface area contributed by atoms with Crippen molar-refractivity contribution in [2.75, 3.05) is 0 Å². The van der Waals surface area contributed by atoms with Crippen LogP contribution in [-0.4, -0.2) is 0 Å². The van der Waals surface area contributed by atoms with Gasteiger partial charge in [0.2, 0.25) is 0 Å². The van der Waals surface area contributed by atoms with Gasteiger partial charge in [0.15, 0.2) is 0 Å². The number of nitrogens with zero attached hydrogens (tertiary/aromatic N) is 1. The monoisotopic (exact) mass is 180 g/mol. The minimum atomic E-state index is -0.481. The summed E-state index contributed by atoms with van der Waals surface area (Å²) >= 11 is 1.60. The second-order valence-electron chi connectivity index (χ2n) is 3.33. The zero-order chi connectivity index (χ0) is 9.19. The third-order valence-corrected chi connectivity index (χ3v) is 2.87. The Morgan fingerprint density at radius 2 is 2.33 bits per heavy atom. The van der Waals surface area contributed by atoms with E-state index in [4.69, 9.17) is 11.0 Å². The molecule has 2 N–H and O–H groups in total. The standard InChI is InChI=1S/C9H12N2S/c1-9(2,6-10)8(11)7-4-3-5-12-7/h3-5,8H,11H2,1-2H3. The molecule has 0 saturated heterocycles. The first-order chi connectivity index (χ1) is 5.58. The summed E-state index contributed by atoms with van der Waals surface area (Å²) in [6.45, 7) is 3.72. The molecule has 3 heteroatoms. The summed E-state index contributed by atoms with van der Waals surface area (Å²) in [6.07, 6.45) is 0. The van der Waals surface area contributed by atoms with Crippen LogP contribution in [0.25, 0.3) is 0 Å². The molecule has 0 aliphatic carbocycles. The average Bonchev–Trinajstić information content (AvgIpc) is 2.55. The van der Waals surface area contributed by atoms with Gasteiger partial charge in [-0.25, -0.2) is 0 Å². The van der Waals surface area contributed by atoms with Crippen molar-refractivity contribution in [3.63, 3.8) is 0 Å². The van der Waals surface area contributed by atoms with Crippen LogP contribution in [0.1, 0.15) is 24.8 Å². The van der Waals surface area contributed by atoms with Crippen molar-refractivity contribution in [3.05, 3.63) is 22.4 Å². The second-order valence-corrected chi connectivity index (χ2v) is 4.31. The number of hydrogen-bond acceptors (Lipinski definition) is 3. The largest absolute Gasteiger partial charge is 0.322 e. The van der Waals surface area contributed by atoms with E-state index in [0.717, 1.165) is 4.88 Å². The van der Waals surface area contributed by atoms with E-state index in [9.17, 15) is 0 Å². The molecule has 1 atom stereocenters. The van der Waals surface area contributed by atoms with E-state index < -0.39 is 5.41 Å². The Hall–Kier alpha value is -0.850. The molecule has 2 nitrogen and oxygen atoms in total. The molecule has 0 amide bonds. The van der Waals surface area contributed by atoms with E-state index in [2.05, 4.69) is 6.07 Å². The highest BCUT2D eigenvalue weighted by molar-refractivity contribution is 7.10. The first-order valence-corrected chi connectivity index (χ1v) is 4.66. The zero-order valence-corrected chi connectivity index (χ0v) is 8.06. The van der Waals surface area contributed by atoms with Gasteiger partial charge in [-0.1, -0.05) is 6.07 Å². The van der Waals surface area contributed by atoms with Crippen molar-refractivity contribution in [2.24, 2.45) is 11.1 Å². The molecule has 64 valence electrons. The summed E-state index contributed by atoms with van der Waals surface area (Å²) in [4.78, 5) is 1.07. The van der Waals surface area contributed by atoms with Crippen LogP contribution in [0.2, 0.25) is 0 Å². The topological polar surface area (TPSA) is 49.8 Å². The Balaban J connectivity index is 2.87. The highest BCUT2D eigenvalue weighted by Gasteiger charge is 2.27. The van der Waals surface area contributed by atoms with Crippen molar-refractivity contribution in [2.45, 2.75) is 19.9 Å². The van der Waals surface area contributed by atoms with Gasteiger partial charge in [-0.15, -0.1) is 11.3 Å². The molecule has 0 bridgehead atoms. The number of thiophene rings is 1. The molecular formula is C9H12N2S. The van der Waals surface area contributed by atoms with E-state index in [1.54, 1.807) is 11.3 Å². The van der Waals surface area contributed by atoms with Gasteiger partial charge in [0.05, 0.1) is 17.5 Å². The summed E-state index contributed by atoms with van der Waals surface area (Å²) in [5.74, 6) is 0. The third-order valence-electron chi connectivity index (χ3n) is 1.92. The Morgan fingerprint density at radius 3 is 2.75 bits per heavy atom. The molecule has 0 aliphatic rings. The van der Waals surface area contributed by atoms with Crippen LogP contribution in [0.3, 0.4) is 0 Å². The molecule has 1 heterocycles. The molecule has 0 aromatic carbocycles. The van der Waals surface area contributed by atoms with Crippen LogP contribution in [0.4, 0.5) is 0 Å². The molecule has 0 spiro atoms. The predicted molar refractivity (Wildman–Crippen MR) is 50.6 cm³/mol. The normalized spacial score (nSPS) is 13.8. The minimum absolute atomic E-state index is 0.178. The van der Waals surface area contributed by atoms with Gasteiger partial charge >= 0.3 is 0 Å². The van der Waals surface area contributed by atoms with Gasteiger partial charge in [0.25, 0.3) is 0 Å². The van der Waals surface area contributed by atoms with Gasteiger partial charge in [0, 0.05) is 4.88 Å². The van der Waals surface area contributed by atoms with Crippen LogP contribution in [-0.2, 0) is 0 Å². The highest BCUT2D eigenvalue weighted by Crippen LogP contribution is 2.32. The van der Waals surface area contributed by atoms with Gasteiger partial charge in [-0.2, -0.15) is 5.26 Å². The van der Waals surface area contributed by atoms with E-state index in [-0.39, 0.29) is 6.04 Å². The van der Waals surface area contributed by atoms with E-state index in [1.165, 1.54) is 0 Å². The zero-order valence-electron chi connectivity index (χ0n) is 7.24. The molecule has 1 aromatic rings. The number of nitriles is 1. The lowest BCUT2D eigenvalue weighted by Crippen LogP contribution is -2.26. The highest BCUT2D eigenvalue weighted by atomic mass is 32.1. The van der Waals surface area contributed by atoms with Gasteiger partial charge in [0.1, 0.15) is 0 Å². The number of nitrogens with two attached hydrogens (primary N) is 1. The summed E-state index contributed by atoms with van der Waals surface area (Å²) in [5.41, 5.74) is 5.43. The molecule has 0 fully saturated rings. The fourth-order valence-corrected chi connectivity index (χ4v) is 1.81. The summed E-state index contributed by atoms with van der Waals surface area (Å²) in [6, 6.07) is 5.95. The van der Waals surface area contributed by atoms with Gasteiger partial charge < -0.3 is 5.73 Å². The van der Waals surface area contributed by atoms with Crippen LogP contribution in [0, 0.1) is 16.7 Å². The lowest BCUT2D eigenvalue weighted by atomic mass is 9.86. The quantitative estimate of drug-likeness (QED) is 0.759. The van der Waals surface area contributed by atoms with Crippen molar-refractivity contribution in [1.82, 2.24) is 0 Å². The van der Waals surface area contributed by atoms with Crippen molar-refractivity contribution in [3.8, 4) is 6.07 Å². The molecular weight excluding hydrogens is 168 g/mol. The molecule has 1 aromatic heterocycles. The smallest absolute Gasteiger partial charge is 0.0718 e. The lowest BCUT2D eigenvalue weighted by Gasteiger charge is -2.22. The van der Waals surface area contributed by atoms with Crippen LogP contribution < -0.4 is 5.73 Å². The fourth-order valence-electron chi connectivity index (χ4n) is 0.893. The number of rotatable bonds is 2. The van der Waals surface area contributed by atoms with Gasteiger partial charge in [-0.3, -0.25) is 0 Å². The Labute approximate surface area is 76.6 Å². The first kappa shape index (κ1) is 9.24. The first-order valence-electron chi connectivity index (χ1n) is 3.78. The van der Waals surface area contributed by atoms with E-state index >= 15 is 0 Å². The maximum Gasteiger partial charge on any atom is 0.0718 e. The van der Waals surface area contributed by atoms with Crippen molar-refractivity contribution < 1.29 is 0 Å². The van der Waals surface area contributed by atoms with Crippen LogP contribution in [0.5, 0.6) is 0 Å². The molecule has 12 heavy (non-hydrogen) atoms. The molecule has 0 aliphatic heterocycles. The van der Waals surface area contributed by atoms with Crippen LogP contribution in [0.15, 0.2) is 17.5 Å². The summed E-state index contributed by atoms with van der Waals surface area (Å²) in [5, 5.41) is 10.8. The molecule has 1 rings (SSSR count). The van der Waals surface area contributed by atoms with E-state index in [1.807, 2.05) is 31.4 Å². The summed E-state index contributed by atoms with van der Waals surface area (Å²) < 4.78 is 0. The van der Waals surface area contributed by atoms with Crippen molar-refractivity contribution >= 4 is 11.3 Å².